The maximum absolute atomic E-state index is 12.3. The predicted molar refractivity (Wildman–Crippen MR) is 97.4 cm³/mol. The fraction of sp³-hybridized carbons (Fsp3) is 0.500. The Bertz CT molecular complexity index is 661. The lowest BCUT2D eigenvalue weighted by Crippen LogP contribution is -2.43. The molecule has 1 N–H and O–H groups in total. The zero-order valence-corrected chi connectivity index (χ0v) is 15.1. The number of aryl methyl sites for hydroxylation is 1. The lowest BCUT2D eigenvalue weighted by atomic mass is 9.95. The molecule has 0 bridgehead atoms. The number of nitrogens with zero attached hydrogens (tertiary/aromatic N) is 3. The summed E-state index contributed by atoms with van der Waals surface area (Å²) in [6.07, 6.45) is 9.00. The van der Waals surface area contributed by atoms with Gasteiger partial charge in [-0.05, 0) is 37.1 Å². The molecule has 0 spiro atoms. The Morgan fingerprint density at radius 1 is 1.28 bits per heavy atom. The van der Waals surface area contributed by atoms with Gasteiger partial charge in [-0.2, -0.15) is 0 Å². The summed E-state index contributed by atoms with van der Waals surface area (Å²) in [7, 11) is 0. The Kier molecular flexibility index (Phi) is 6.22. The van der Waals surface area contributed by atoms with Gasteiger partial charge in [-0.15, -0.1) is 11.3 Å². The number of carbonyl (C=O) groups is 2. The van der Waals surface area contributed by atoms with E-state index in [-0.39, 0.29) is 17.7 Å². The number of piperidine rings is 1. The van der Waals surface area contributed by atoms with Crippen molar-refractivity contribution in [3.63, 3.8) is 0 Å². The van der Waals surface area contributed by atoms with E-state index in [2.05, 4.69) is 10.3 Å². The van der Waals surface area contributed by atoms with Crippen LogP contribution in [0.1, 0.15) is 35.4 Å². The van der Waals surface area contributed by atoms with Gasteiger partial charge in [-0.3, -0.25) is 9.59 Å². The van der Waals surface area contributed by atoms with E-state index < -0.39 is 0 Å². The highest BCUT2D eigenvalue weighted by molar-refractivity contribution is 7.12. The molecule has 2 amide bonds. The first kappa shape index (κ1) is 17.7. The summed E-state index contributed by atoms with van der Waals surface area (Å²) in [6, 6.07) is 3.75. The van der Waals surface area contributed by atoms with Crippen molar-refractivity contribution >= 4 is 23.2 Å². The molecular weight excluding hydrogens is 336 g/mol. The molecule has 0 atom stereocenters. The fourth-order valence-electron chi connectivity index (χ4n) is 3.10. The van der Waals surface area contributed by atoms with Gasteiger partial charge in [0.05, 0.1) is 11.2 Å². The van der Waals surface area contributed by atoms with Crippen molar-refractivity contribution in [3.8, 4) is 0 Å². The molecule has 0 saturated carbocycles. The predicted octanol–water partition coefficient (Wildman–Crippen LogP) is 2.39. The monoisotopic (exact) mass is 360 g/mol. The molecule has 0 aliphatic carbocycles. The lowest BCUT2D eigenvalue weighted by Gasteiger charge is -2.31. The van der Waals surface area contributed by atoms with Gasteiger partial charge >= 0.3 is 0 Å². The second-order valence-electron chi connectivity index (χ2n) is 6.34. The minimum absolute atomic E-state index is 0.0287. The van der Waals surface area contributed by atoms with Crippen LogP contribution in [0.2, 0.25) is 0 Å². The molecule has 1 fully saturated rings. The van der Waals surface area contributed by atoms with Crippen LogP contribution in [-0.4, -0.2) is 45.9 Å². The standard InChI is InChI=1S/C18H24N4O2S/c23-17(20-7-1-2-9-21-12-8-19-14-21)15-5-10-22(11-6-15)18(24)16-4-3-13-25-16/h3-4,8,12-15H,1-2,5-7,9-11H2,(H,20,23). The topological polar surface area (TPSA) is 67.2 Å². The van der Waals surface area contributed by atoms with Gasteiger partial charge in [0.2, 0.25) is 5.91 Å². The molecule has 134 valence electrons. The first-order valence-corrected chi connectivity index (χ1v) is 9.68. The average molecular weight is 360 g/mol. The van der Waals surface area contributed by atoms with Crippen LogP contribution < -0.4 is 5.32 Å². The van der Waals surface area contributed by atoms with Crippen molar-refractivity contribution in [1.82, 2.24) is 19.8 Å². The maximum atomic E-state index is 12.3. The van der Waals surface area contributed by atoms with E-state index in [1.807, 2.05) is 39.5 Å². The van der Waals surface area contributed by atoms with Crippen molar-refractivity contribution in [1.29, 1.82) is 0 Å². The smallest absolute Gasteiger partial charge is 0.263 e. The minimum atomic E-state index is 0.0287. The van der Waals surface area contributed by atoms with E-state index in [1.165, 1.54) is 11.3 Å². The molecule has 2 aromatic heterocycles. The van der Waals surface area contributed by atoms with Gasteiger partial charge in [0.15, 0.2) is 0 Å². The molecule has 0 radical (unpaired) electrons. The summed E-state index contributed by atoms with van der Waals surface area (Å²) >= 11 is 1.47. The Morgan fingerprint density at radius 2 is 2.12 bits per heavy atom. The molecule has 1 aliphatic rings. The molecule has 6 nitrogen and oxygen atoms in total. The molecule has 1 saturated heterocycles. The molecular formula is C18H24N4O2S. The fourth-order valence-corrected chi connectivity index (χ4v) is 3.79. The number of carbonyl (C=O) groups excluding carboxylic acids is 2. The van der Waals surface area contributed by atoms with Crippen molar-refractivity contribution < 1.29 is 9.59 Å². The van der Waals surface area contributed by atoms with Crippen LogP contribution in [0.15, 0.2) is 36.2 Å². The number of nitrogens with one attached hydrogen (secondary N) is 1. The summed E-state index contributed by atoms with van der Waals surface area (Å²) in [5.74, 6) is 0.250. The molecule has 0 unspecified atom stereocenters. The van der Waals surface area contributed by atoms with E-state index in [0.717, 1.165) is 37.1 Å². The highest BCUT2D eigenvalue weighted by atomic mass is 32.1. The Labute approximate surface area is 151 Å². The molecule has 3 heterocycles. The van der Waals surface area contributed by atoms with E-state index in [1.54, 1.807) is 6.20 Å². The van der Waals surface area contributed by atoms with Crippen LogP contribution in [0.25, 0.3) is 0 Å². The number of rotatable bonds is 7. The van der Waals surface area contributed by atoms with Gasteiger partial charge in [-0.25, -0.2) is 4.98 Å². The summed E-state index contributed by atoms with van der Waals surface area (Å²) in [5.41, 5.74) is 0. The quantitative estimate of drug-likeness (QED) is 0.771. The second-order valence-corrected chi connectivity index (χ2v) is 7.29. The highest BCUT2D eigenvalue weighted by Crippen LogP contribution is 2.20. The molecule has 2 aromatic rings. The first-order valence-electron chi connectivity index (χ1n) is 8.80. The van der Waals surface area contributed by atoms with Gasteiger partial charge < -0.3 is 14.8 Å². The largest absolute Gasteiger partial charge is 0.356 e. The molecule has 1 aliphatic heterocycles. The first-order chi connectivity index (χ1) is 12.2. The molecule has 3 rings (SSSR count). The molecule has 25 heavy (non-hydrogen) atoms. The number of hydrogen-bond donors (Lipinski definition) is 1. The average Bonchev–Trinajstić information content (AvgIpc) is 3.34. The molecule has 0 aromatic carbocycles. The van der Waals surface area contributed by atoms with Gasteiger partial charge in [0.25, 0.3) is 5.91 Å². The van der Waals surface area contributed by atoms with Crippen molar-refractivity contribution in [2.24, 2.45) is 5.92 Å². The minimum Gasteiger partial charge on any atom is -0.356 e. The molecule has 7 heteroatoms. The number of amides is 2. The number of imidazole rings is 1. The normalized spacial score (nSPS) is 15.3. The van der Waals surface area contributed by atoms with Gasteiger partial charge in [0.1, 0.15) is 0 Å². The van der Waals surface area contributed by atoms with Crippen molar-refractivity contribution in [2.75, 3.05) is 19.6 Å². The number of hydrogen-bond acceptors (Lipinski definition) is 4. The van der Waals surface area contributed by atoms with Crippen molar-refractivity contribution in [2.45, 2.75) is 32.2 Å². The Hall–Kier alpha value is -2.15. The van der Waals surface area contributed by atoms with E-state index in [0.29, 0.717) is 19.6 Å². The van der Waals surface area contributed by atoms with Crippen LogP contribution in [0.4, 0.5) is 0 Å². The summed E-state index contributed by atoms with van der Waals surface area (Å²) < 4.78 is 2.04. The number of thiophene rings is 1. The number of unbranched alkanes of at least 4 members (excludes halogenated alkanes) is 1. The van der Waals surface area contributed by atoms with Crippen LogP contribution in [0.3, 0.4) is 0 Å². The summed E-state index contributed by atoms with van der Waals surface area (Å²) in [4.78, 5) is 31.2. The zero-order chi connectivity index (χ0) is 17.5. The van der Waals surface area contributed by atoms with E-state index in [4.69, 9.17) is 0 Å². The van der Waals surface area contributed by atoms with Crippen LogP contribution in [0.5, 0.6) is 0 Å². The summed E-state index contributed by atoms with van der Waals surface area (Å²) in [6.45, 7) is 2.96. The SMILES string of the molecule is O=C(NCCCCn1ccnc1)C1CCN(C(=O)c2cccs2)CC1. The van der Waals surface area contributed by atoms with E-state index >= 15 is 0 Å². The van der Waals surface area contributed by atoms with Crippen molar-refractivity contribution in [3.05, 3.63) is 41.1 Å². The second kappa shape index (κ2) is 8.80. The Balaban J connectivity index is 1.32. The van der Waals surface area contributed by atoms with Gasteiger partial charge in [0, 0.05) is 44.5 Å². The third-order valence-electron chi connectivity index (χ3n) is 4.59. The third kappa shape index (κ3) is 4.92. The van der Waals surface area contributed by atoms with Crippen LogP contribution >= 0.6 is 11.3 Å². The van der Waals surface area contributed by atoms with Crippen LogP contribution in [0, 0.1) is 5.92 Å². The number of aromatic nitrogens is 2. The zero-order valence-electron chi connectivity index (χ0n) is 14.3. The van der Waals surface area contributed by atoms with Crippen LogP contribution in [-0.2, 0) is 11.3 Å². The lowest BCUT2D eigenvalue weighted by molar-refractivity contribution is -0.126. The van der Waals surface area contributed by atoms with Gasteiger partial charge in [-0.1, -0.05) is 6.07 Å². The Morgan fingerprint density at radius 3 is 2.80 bits per heavy atom. The van der Waals surface area contributed by atoms with E-state index in [9.17, 15) is 9.59 Å². The highest BCUT2D eigenvalue weighted by Gasteiger charge is 2.27. The third-order valence-corrected chi connectivity index (χ3v) is 5.44. The summed E-state index contributed by atoms with van der Waals surface area (Å²) in [5, 5.41) is 4.96. The maximum Gasteiger partial charge on any atom is 0.263 e. The number of likely N-dealkylation sites (tertiary alicyclic amines) is 1.